The van der Waals surface area contributed by atoms with Gasteiger partial charge in [-0.1, -0.05) is 31.9 Å². The van der Waals surface area contributed by atoms with Gasteiger partial charge in [0.25, 0.3) is 5.91 Å². The summed E-state index contributed by atoms with van der Waals surface area (Å²) in [6, 6.07) is 4.38. The first-order chi connectivity index (χ1) is 13.8. The molecular formula is C20H28ClN3O4S. The van der Waals surface area contributed by atoms with Gasteiger partial charge in [0.05, 0.1) is 5.02 Å². The largest absolute Gasteiger partial charge is 0.339 e. The van der Waals surface area contributed by atoms with Crippen LogP contribution >= 0.6 is 11.6 Å². The molecule has 1 aliphatic carbocycles. The van der Waals surface area contributed by atoms with Crippen molar-refractivity contribution in [2.24, 2.45) is 5.92 Å². The number of hydrogen-bond acceptors (Lipinski definition) is 4. The van der Waals surface area contributed by atoms with Gasteiger partial charge in [-0.05, 0) is 31.0 Å². The van der Waals surface area contributed by atoms with Crippen molar-refractivity contribution >= 4 is 33.4 Å². The van der Waals surface area contributed by atoms with Crippen LogP contribution < -0.4 is 0 Å². The number of rotatable bonds is 6. The molecule has 1 saturated carbocycles. The second kappa shape index (κ2) is 9.02. The highest BCUT2D eigenvalue weighted by atomic mass is 35.5. The molecule has 0 spiro atoms. The van der Waals surface area contributed by atoms with Crippen LogP contribution in [0.3, 0.4) is 0 Å². The minimum atomic E-state index is -3.77. The normalized spacial score (nSPS) is 18.1. The van der Waals surface area contributed by atoms with Crippen LogP contribution in [0.15, 0.2) is 23.1 Å². The van der Waals surface area contributed by atoms with E-state index in [9.17, 15) is 18.0 Å². The van der Waals surface area contributed by atoms with Crippen LogP contribution in [0.4, 0.5) is 0 Å². The van der Waals surface area contributed by atoms with E-state index in [4.69, 9.17) is 11.6 Å². The van der Waals surface area contributed by atoms with Gasteiger partial charge in [-0.15, -0.1) is 0 Å². The molecule has 0 aromatic heterocycles. The molecule has 1 aromatic carbocycles. The van der Waals surface area contributed by atoms with Crippen molar-refractivity contribution in [3.05, 3.63) is 28.8 Å². The highest BCUT2D eigenvalue weighted by Gasteiger charge is 2.33. The lowest BCUT2D eigenvalue weighted by atomic mass is 9.84. The SMILES string of the molecule is CCN(CC)S(=O)(=O)c1cc(C(=O)N2CCN(C(=O)C3CCC3)CC2)ccc1Cl. The number of carbonyl (C=O) groups is 2. The molecule has 0 unspecified atom stereocenters. The van der Waals surface area contributed by atoms with Crippen molar-refractivity contribution in [2.75, 3.05) is 39.3 Å². The fourth-order valence-electron chi connectivity index (χ4n) is 3.76. The predicted octanol–water partition coefficient (Wildman–Crippen LogP) is 2.46. The third-order valence-corrected chi connectivity index (χ3v) is 8.37. The zero-order chi connectivity index (χ0) is 21.2. The lowest BCUT2D eigenvalue weighted by Gasteiger charge is -2.38. The summed E-state index contributed by atoms with van der Waals surface area (Å²) >= 11 is 6.16. The third kappa shape index (κ3) is 4.44. The highest BCUT2D eigenvalue weighted by Crippen LogP contribution is 2.29. The van der Waals surface area contributed by atoms with Crippen LogP contribution in [-0.2, 0) is 14.8 Å². The Balaban J connectivity index is 1.73. The quantitative estimate of drug-likeness (QED) is 0.679. The lowest BCUT2D eigenvalue weighted by molar-refractivity contribution is -0.139. The average Bonchev–Trinajstić information content (AvgIpc) is 2.67. The molecule has 1 heterocycles. The van der Waals surface area contributed by atoms with E-state index in [0.29, 0.717) is 44.8 Å². The molecule has 9 heteroatoms. The standard InChI is InChI=1S/C20H28ClN3O4S/c1-3-24(4-2)29(27,28)18-14-16(8-9-17(18)21)20(26)23-12-10-22(11-13-23)19(25)15-6-5-7-15/h8-9,14-15H,3-7,10-13H2,1-2H3. The summed E-state index contributed by atoms with van der Waals surface area (Å²) in [6.45, 7) is 6.08. The minimum absolute atomic E-state index is 0.0486. The Morgan fingerprint density at radius 2 is 1.66 bits per heavy atom. The van der Waals surface area contributed by atoms with Crippen LogP contribution in [0, 0.1) is 5.92 Å². The molecule has 0 N–H and O–H groups in total. The molecule has 7 nitrogen and oxygen atoms in total. The highest BCUT2D eigenvalue weighted by molar-refractivity contribution is 7.89. The third-order valence-electron chi connectivity index (χ3n) is 5.83. The maximum atomic E-state index is 12.9. The predicted molar refractivity (Wildman–Crippen MR) is 111 cm³/mol. The first-order valence-corrected chi connectivity index (χ1v) is 12.0. The van der Waals surface area contributed by atoms with Crippen LogP contribution in [0.5, 0.6) is 0 Å². The molecule has 0 radical (unpaired) electrons. The van der Waals surface area contributed by atoms with Gasteiger partial charge in [-0.25, -0.2) is 8.42 Å². The number of amides is 2. The Bertz CT molecular complexity index is 874. The zero-order valence-corrected chi connectivity index (χ0v) is 18.5. The maximum absolute atomic E-state index is 12.9. The number of carbonyl (C=O) groups excluding carboxylic acids is 2. The molecule has 160 valence electrons. The number of halogens is 1. The molecule has 2 amide bonds. The van der Waals surface area contributed by atoms with Gasteiger partial charge in [0.1, 0.15) is 4.90 Å². The number of sulfonamides is 1. The van der Waals surface area contributed by atoms with E-state index in [2.05, 4.69) is 0 Å². The molecule has 0 atom stereocenters. The first kappa shape index (κ1) is 22.1. The molecule has 1 aromatic rings. The van der Waals surface area contributed by atoms with Gasteiger partial charge in [0, 0.05) is 50.7 Å². The summed E-state index contributed by atoms with van der Waals surface area (Å²) in [7, 11) is -3.77. The fourth-order valence-corrected chi connectivity index (χ4v) is 5.72. The number of nitrogens with zero attached hydrogens (tertiary/aromatic N) is 3. The van der Waals surface area contributed by atoms with E-state index in [0.717, 1.165) is 19.3 Å². The molecule has 1 saturated heterocycles. The molecule has 2 fully saturated rings. The summed E-state index contributed by atoms with van der Waals surface area (Å²) in [5, 5.41) is 0.101. The lowest BCUT2D eigenvalue weighted by Crippen LogP contribution is -2.52. The van der Waals surface area contributed by atoms with Gasteiger partial charge < -0.3 is 9.80 Å². The number of piperazine rings is 1. The van der Waals surface area contributed by atoms with Gasteiger partial charge >= 0.3 is 0 Å². The van der Waals surface area contributed by atoms with Crippen LogP contribution in [-0.4, -0.2) is 73.6 Å². The second-order valence-corrected chi connectivity index (χ2v) is 9.79. The summed E-state index contributed by atoms with van der Waals surface area (Å²) in [6.07, 6.45) is 3.04. The van der Waals surface area contributed by atoms with Crippen LogP contribution in [0.1, 0.15) is 43.5 Å². The summed E-state index contributed by atoms with van der Waals surface area (Å²) < 4.78 is 27.0. The van der Waals surface area contributed by atoms with E-state index in [1.165, 1.54) is 16.4 Å². The Morgan fingerprint density at radius 1 is 1.07 bits per heavy atom. The van der Waals surface area contributed by atoms with Crippen molar-refractivity contribution in [1.82, 2.24) is 14.1 Å². The Kier molecular flexibility index (Phi) is 6.86. The van der Waals surface area contributed by atoms with E-state index in [1.54, 1.807) is 24.8 Å². The van der Waals surface area contributed by atoms with Gasteiger partial charge in [-0.2, -0.15) is 4.31 Å². The van der Waals surface area contributed by atoms with Crippen molar-refractivity contribution in [2.45, 2.75) is 38.0 Å². The van der Waals surface area contributed by atoms with E-state index >= 15 is 0 Å². The van der Waals surface area contributed by atoms with Crippen molar-refractivity contribution in [3.8, 4) is 0 Å². The average molecular weight is 442 g/mol. The first-order valence-electron chi connectivity index (χ1n) is 10.2. The van der Waals surface area contributed by atoms with E-state index in [1.807, 2.05) is 4.90 Å². The Labute approximate surface area is 177 Å². The number of benzene rings is 1. The van der Waals surface area contributed by atoms with E-state index < -0.39 is 10.0 Å². The van der Waals surface area contributed by atoms with Crippen molar-refractivity contribution in [3.63, 3.8) is 0 Å². The Hall–Kier alpha value is -1.64. The van der Waals surface area contributed by atoms with Crippen molar-refractivity contribution in [1.29, 1.82) is 0 Å². The van der Waals surface area contributed by atoms with Crippen LogP contribution in [0.2, 0.25) is 5.02 Å². The molecular weight excluding hydrogens is 414 g/mol. The number of hydrogen-bond donors (Lipinski definition) is 0. The fraction of sp³-hybridized carbons (Fsp3) is 0.600. The molecule has 3 rings (SSSR count). The molecule has 1 aliphatic heterocycles. The van der Waals surface area contributed by atoms with Gasteiger partial charge in [0.15, 0.2) is 0 Å². The van der Waals surface area contributed by atoms with Crippen LogP contribution in [0.25, 0.3) is 0 Å². The second-order valence-electron chi connectivity index (χ2n) is 7.48. The molecule has 2 aliphatic rings. The molecule has 0 bridgehead atoms. The van der Waals surface area contributed by atoms with Gasteiger partial charge in [-0.3, -0.25) is 9.59 Å². The monoisotopic (exact) mass is 441 g/mol. The minimum Gasteiger partial charge on any atom is -0.339 e. The molecule has 29 heavy (non-hydrogen) atoms. The summed E-state index contributed by atoms with van der Waals surface area (Å²) in [5.41, 5.74) is 0.291. The Morgan fingerprint density at radius 3 is 2.17 bits per heavy atom. The van der Waals surface area contributed by atoms with E-state index in [-0.39, 0.29) is 27.7 Å². The topological polar surface area (TPSA) is 78.0 Å². The maximum Gasteiger partial charge on any atom is 0.254 e. The van der Waals surface area contributed by atoms with Gasteiger partial charge in [0.2, 0.25) is 15.9 Å². The summed E-state index contributed by atoms with van der Waals surface area (Å²) in [5.74, 6) is 0.109. The summed E-state index contributed by atoms with van der Waals surface area (Å²) in [4.78, 5) is 28.8. The van der Waals surface area contributed by atoms with Crippen molar-refractivity contribution < 1.29 is 18.0 Å². The smallest absolute Gasteiger partial charge is 0.254 e. The zero-order valence-electron chi connectivity index (χ0n) is 16.9.